The van der Waals surface area contributed by atoms with E-state index in [-0.39, 0.29) is 11.5 Å². The lowest BCUT2D eigenvalue weighted by Gasteiger charge is -2.11. The Morgan fingerprint density at radius 3 is 3.11 bits per heavy atom. The van der Waals surface area contributed by atoms with Crippen LogP contribution in [0.3, 0.4) is 0 Å². The molecule has 1 aliphatic carbocycles. The van der Waals surface area contributed by atoms with E-state index >= 15 is 0 Å². The normalized spacial score (nSPS) is 17.4. The van der Waals surface area contributed by atoms with Gasteiger partial charge in [-0.25, -0.2) is 4.98 Å². The highest BCUT2D eigenvalue weighted by molar-refractivity contribution is 5.38. The predicted molar refractivity (Wildman–Crippen MR) is 72.2 cm³/mol. The lowest BCUT2D eigenvalue weighted by Crippen LogP contribution is -2.15. The van der Waals surface area contributed by atoms with E-state index in [1.807, 2.05) is 6.07 Å². The Kier molecular flexibility index (Phi) is 3.17. The lowest BCUT2D eigenvalue weighted by atomic mass is 10.0. The molecule has 98 valence electrons. The predicted octanol–water partition coefficient (Wildman–Crippen LogP) is 1.99. The van der Waals surface area contributed by atoms with Crippen LogP contribution in [0.4, 0.5) is 0 Å². The molecule has 2 aromatic rings. The summed E-state index contributed by atoms with van der Waals surface area (Å²) < 4.78 is 5.05. The lowest BCUT2D eigenvalue weighted by molar-refractivity contribution is 0.181. The molecule has 0 radical (unpaired) electrons. The Hall–Kier alpha value is -1.94. The summed E-state index contributed by atoms with van der Waals surface area (Å²) >= 11 is 0. The molecule has 0 saturated heterocycles. The zero-order valence-electron chi connectivity index (χ0n) is 10.8. The number of H-pyrrole nitrogens is 1. The fraction of sp³-hybridized carbons (Fsp3) is 0.333. The Balaban J connectivity index is 2.02. The first-order valence-electron chi connectivity index (χ1n) is 6.45. The van der Waals surface area contributed by atoms with Crippen LogP contribution >= 0.6 is 0 Å². The van der Waals surface area contributed by atoms with Gasteiger partial charge in [0.05, 0.1) is 12.3 Å². The molecular formula is C15H16N2O2. The van der Waals surface area contributed by atoms with Gasteiger partial charge < -0.3 is 9.72 Å². The van der Waals surface area contributed by atoms with Crippen molar-refractivity contribution in [3.63, 3.8) is 0 Å². The van der Waals surface area contributed by atoms with E-state index in [4.69, 9.17) is 4.74 Å². The summed E-state index contributed by atoms with van der Waals surface area (Å²) in [7, 11) is 1.60. The molecule has 1 aliphatic rings. The van der Waals surface area contributed by atoms with Crippen molar-refractivity contribution in [2.75, 3.05) is 7.11 Å². The third-order valence-corrected chi connectivity index (χ3v) is 3.57. The smallest absolute Gasteiger partial charge is 0.251 e. The maximum absolute atomic E-state index is 11.7. The number of hydrogen-bond acceptors (Lipinski definition) is 3. The molecule has 1 N–H and O–H groups in total. The number of benzene rings is 1. The van der Waals surface area contributed by atoms with Gasteiger partial charge in [-0.1, -0.05) is 24.3 Å². The van der Waals surface area contributed by atoms with Crippen molar-refractivity contribution in [2.24, 2.45) is 0 Å². The number of aromatic nitrogens is 2. The summed E-state index contributed by atoms with van der Waals surface area (Å²) in [5.41, 5.74) is 3.21. The van der Waals surface area contributed by atoms with Gasteiger partial charge in [0.15, 0.2) is 0 Å². The quantitative estimate of drug-likeness (QED) is 0.913. The molecule has 1 heterocycles. The molecule has 19 heavy (non-hydrogen) atoms. The van der Waals surface area contributed by atoms with E-state index in [1.54, 1.807) is 7.11 Å². The molecule has 0 spiro atoms. The van der Waals surface area contributed by atoms with E-state index in [0.717, 1.165) is 18.7 Å². The van der Waals surface area contributed by atoms with Crippen LogP contribution in [0.5, 0.6) is 0 Å². The third kappa shape index (κ3) is 2.31. The number of ether oxygens (including phenoxy) is 1. The molecule has 4 nitrogen and oxygen atoms in total. The van der Waals surface area contributed by atoms with Crippen LogP contribution in [0.2, 0.25) is 0 Å². The van der Waals surface area contributed by atoms with Gasteiger partial charge in [0.25, 0.3) is 5.56 Å². The van der Waals surface area contributed by atoms with Crippen LogP contribution in [0, 0.1) is 0 Å². The van der Waals surface area contributed by atoms with Crippen molar-refractivity contribution >= 4 is 0 Å². The summed E-state index contributed by atoms with van der Waals surface area (Å²) in [5.74, 6) is 0.949. The molecule has 0 bridgehead atoms. The van der Waals surface area contributed by atoms with E-state index < -0.39 is 0 Å². The number of hydrogen-bond donors (Lipinski definition) is 1. The Bertz CT molecular complexity index is 649. The molecule has 0 amide bonds. The highest BCUT2D eigenvalue weighted by atomic mass is 16.5. The summed E-state index contributed by atoms with van der Waals surface area (Å²) in [6.07, 6.45) is 2.04. The van der Waals surface area contributed by atoms with E-state index in [2.05, 4.69) is 28.2 Å². The fourth-order valence-electron chi connectivity index (χ4n) is 2.76. The van der Waals surface area contributed by atoms with Gasteiger partial charge in [0, 0.05) is 19.1 Å². The second-order valence-electron chi connectivity index (χ2n) is 4.85. The Labute approximate surface area is 111 Å². The highest BCUT2D eigenvalue weighted by Gasteiger charge is 2.25. The SMILES string of the molecule is COCc1cc(=O)[nH]c(C2CCc3ccccc32)n1. The minimum atomic E-state index is -0.110. The van der Waals surface area contributed by atoms with E-state index in [1.165, 1.54) is 17.2 Å². The minimum absolute atomic E-state index is 0.110. The Morgan fingerprint density at radius 1 is 1.42 bits per heavy atom. The molecule has 3 rings (SSSR count). The number of aromatic amines is 1. The van der Waals surface area contributed by atoms with Crippen molar-refractivity contribution in [1.82, 2.24) is 9.97 Å². The first kappa shape index (κ1) is 12.1. The molecule has 0 aliphatic heterocycles. The van der Waals surface area contributed by atoms with Gasteiger partial charge in [-0.05, 0) is 24.0 Å². The maximum atomic E-state index is 11.7. The number of nitrogens with one attached hydrogen (secondary N) is 1. The fourth-order valence-corrected chi connectivity index (χ4v) is 2.76. The zero-order chi connectivity index (χ0) is 13.2. The van der Waals surface area contributed by atoms with Crippen molar-refractivity contribution in [2.45, 2.75) is 25.4 Å². The zero-order valence-corrected chi connectivity index (χ0v) is 10.8. The number of fused-ring (bicyclic) bond motifs is 1. The van der Waals surface area contributed by atoms with Crippen molar-refractivity contribution in [3.8, 4) is 0 Å². The van der Waals surface area contributed by atoms with Crippen LogP contribution in [0.15, 0.2) is 35.1 Å². The molecule has 1 aromatic heterocycles. The van der Waals surface area contributed by atoms with Crippen molar-refractivity contribution in [1.29, 1.82) is 0 Å². The summed E-state index contributed by atoms with van der Waals surface area (Å²) in [5, 5.41) is 0. The van der Waals surface area contributed by atoms with Crippen LogP contribution in [0.1, 0.15) is 35.0 Å². The van der Waals surface area contributed by atoms with Crippen LogP contribution in [-0.2, 0) is 17.8 Å². The maximum Gasteiger partial charge on any atom is 0.251 e. The number of methoxy groups -OCH3 is 1. The first-order chi connectivity index (χ1) is 9.28. The van der Waals surface area contributed by atoms with Gasteiger partial charge in [0.2, 0.25) is 0 Å². The highest BCUT2D eigenvalue weighted by Crippen LogP contribution is 2.35. The molecule has 1 unspecified atom stereocenters. The third-order valence-electron chi connectivity index (χ3n) is 3.57. The van der Waals surface area contributed by atoms with E-state index in [0.29, 0.717) is 12.3 Å². The molecular weight excluding hydrogens is 240 g/mol. The van der Waals surface area contributed by atoms with Crippen LogP contribution in [0.25, 0.3) is 0 Å². The van der Waals surface area contributed by atoms with E-state index in [9.17, 15) is 4.79 Å². The first-order valence-corrected chi connectivity index (χ1v) is 6.45. The van der Waals surface area contributed by atoms with Gasteiger partial charge in [-0.2, -0.15) is 0 Å². The number of nitrogens with zero attached hydrogens (tertiary/aromatic N) is 1. The Morgan fingerprint density at radius 2 is 2.26 bits per heavy atom. The molecule has 1 aromatic carbocycles. The monoisotopic (exact) mass is 256 g/mol. The number of aryl methyl sites for hydroxylation is 1. The average molecular weight is 256 g/mol. The average Bonchev–Trinajstić information content (AvgIpc) is 2.82. The molecule has 0 fully saturated rings. The topological polar surface area (TPSA) is 55.0 Å². The summed E-state index contributed by atoms with van der Waals surface area (Å²) in [6, 6.07) is 9.85. The second-order valence-corrected chi connectivity index (χ2v) is 4.85. The summed E-state index contributed by atoms with van der Waals surface area (Å²) in [4.78, 5) is 19.1. The molecule has 0 saturated carbocycles. The minimum Gasteiger partial charge on any atom is -0.378 e. The van der Waals surface area contributed by atoms with Crippen molar-refractivity contribution < 1.29 is 4.74 Å². The van der Waals surface area contributed by atoms with Gasteiger partial charge in [-0.3, -0.25) is 4.79 Å². The largest absolute Gasteiger partial charge is 0.378 e. The van der Waals surface area contributed by atoms with Gasteiger partial charge in [-0.15, -0.1) is 0 Å². The molecule has 1 atom stereocenters. The second kappa shape index (κ2) is 4.97. The van der Waals surface area contributed by atoms with Crippen molar-refractivity contribution in [3.05, 3.63) is 63.3 Å². The summed E-state index contributed by atoms with van der Waals surface area (Å²) in [6.45, 7) is 0.366. The standard InChI is InChI=1S/C15H16N2O2/c1-19-9-11-8-14(18)17-15(16-11)13-7-6-10-4-2-3-5-12(10)13/h2-5,8,13H,6-7,9H2,1H3,(H,16,17,18). The van der Waals surface area contributed by atoms with Gasteiger partial charge in [0.1, 0.15) is 5.82 Å². The molecule has 4 heteroatoms. The number of rotatable bonds is 3. The van der Waals surface area contributed by atoms with Gasteiger partial charge >= 0.3 is 0 Å². The van der Waals surface area contributed by atoms with Crippen LogP contribution < -0.4 is 5.56 Å². The van der Waals surface area contributed by atoms with Crippen LogP contribution in [-0.4, -0.2) is 17.1 Å².